The third-order valence-corrected chi connectivity index (χ3v) is 4.98. The Morgan fingerprint density at radius 3 is 1.73 bits per heavy atom. The molecule has 0 aromatic rings. The van der Waals surface area contributed by atoms with Crippen LogP contribution < -0.4 is 0 Å². The molecule has 0 saturated heterocycles. The molecule has 0 saturated carbocycles. The van der Waals surface area contributed by atoms with Gasteiger partial charge >= 0.3 is 24.2 Å². The Kier molecular flexibility index (Phi) is 7.50. The molecule has 0 rings (SSSR count). The largest absolute Gasteiger partial charge is 0.459 e. The number of esters is 1. The van der Waals surface area contributed by atoms with Crippen LogP contribution in [0.2, 0.25) is 0 Å². The fourth-order valence-electron chi connectivity index (χ4n) is 1.67. The van der Waals surface area contributed by atoms with Crippen LogP contribution in [0.3, 0.4) is 0 Å². The Balaban J connectivity index is 5.53. The molecule has 0 radical (unpaired) electrons. The highest BCUT2D eigenvalue weighted by molar-refractivity contribution is 7.92. The lowest BCUT2D eigenvalue weighted by molar-refractivity contribution is -0.284. The summed E-state index contributed by atoms with van der Waals surface area (Å²) in [5.74, 6) is -8.64. The maximum Gasteiger partial charge on any atom is 0.453 e. The van der Waals surface area contributed by atoms with E-state index in [-0.39, 0.29) is 0 Å². The maximum atomic E-state index is 13.0. The van der Waals surface area contributed by atoms with Gasteiger partial charge in [-0.25, -0.2) is 8.42 Å². The number of alkyl halides is 8. The van der Waals surface area contributed by atoms with Crippen molar-refractivity contribution in [3.63, 3.8) is 0 Å². The van der Waals surface area contributed by atoms with Crippen molar-refractivity contribution in [2.75, 3.05) is 5.75 Å². The molecule has 1 unspecified atom stereocenters. The fraction of sp³-hybridized carbons (Fsp3) is 0.923. The second-order valence-corrected chi connectivity index (χ2v) is 8.80. The first kappa shape index (κ1) is 24.9. The van der Waals surface area contributed by atoms with Crippen LogP contribution in [0.25, 0.3) is 0 Å². The summed E-state index contributed by atoms with van der Waals surface area (Å²) < 4.78 is 128. The lowest BCUT2D eigenvalue weighted by atomic mass is 10.1. The average Bonchev–Trinajstić information content (AvgIpc) is 2.31. The zero-order valence-electron chi connectivity index (χ0n) is 14.0. The minimum Gasteiger partial charge on any atom is -0.459 e. The van der Waals surface area contributed by atoms with Gasteiger partial charge in [-0.05, 0) is 27.2 Å². The minimum absolute atomic E-state index is 1.26. The molecule has 13 heteroatoms. The van der Waals surface area contributed by atoms with Crippen LogP contribution in [0.5, 0.6) is 0 Å². The number of carbonyl (C=O) groups is 1. The SMILES string of the molecule is CC(C)(C)OC(=O)C(CCC(F)(F)C(F)(F)F)S(=O)(=O)CCC(F)(F)F. The number of sulfone groups is 1. The molecule has 4 nitrogen and oxygen atoms in total. The number of rotatable bonds is 7. The van der Waals surface area contributed by atoms with Crippen molar-refractivity contribution in [3.05, 3.63) is 0 Å². The second-order valence-electron chi connectivity index (χ2n) is 6.50. The first-order chi connectivity index (χ1) is 11.2. The van der Waals surface area contributed by atoms with E-state index >= 15 is 0 Å². The maximum absolute atomic E-state index is 13.0. The van der Waals surface area contributed by atoms with Crippen LogP contribution in [0.1, 0.15) is 40.0 Å². The molecule has 0 heterocycles. The molecule has 0 aliphatic carbocycles. The monoisotopic (exact) mass is 422 g/mol. The molecular weight excluding hydrogens is 404 g/mol. The summed E-state index contributed by atoms with van der Waals surface area (Å²) in [7, 11) is -4.99. The Hall–Kier alpha value is -1.14. The number of halogens is 8. The first-order valence-electron chi connectivity index (χ1n) is 7.14. The topological polar surface area (TPSA) is 60.4 Å². The van der Waals surface area contributed by atoms with E-state index in [1.54, 1.807) is 0 Å². The summed E-state index contributed by atoms with van der Waals surface area (Å²) in [5.41, 5.74) is -1.33. The predicted molar refractivity (Wildman–Crippen MR) is 74.3 cm³/mol. The van der Waals surface area contributed by atoms with E-state index in [4.69, 9.17) is 0 Å². The third kappa shape index (κ3) is 8.49. The quantitative estimate of drug-likeness (QED) is 0.459. The van der Waals surface area contributed by atoms with Gasteiger partial charge < -0.3 is 4.74 Å². The lowest BCUT2D eigenvalue weighted by Crippen LogP contribution is -2.42. The fourth-order valence-corrected chi connectivity index (χ4v) is 3.28. The second kappa shape index (κ2) is 7.85. The van der Waals surface area contributed by atoms with Gasteiger partial charge in [0.25, 0.3) is 0 Å². The van der Waals surface area contributed by atoms with E-state index in [2.05, 4.69) is 4.74 Å². The van der Waals surface area contributed by atoms with Crippen molar-refractivity contribution in [2.24, 2.45) is 0 Å². The van der Waals surface area contributed by atoms with Crippen LogP contribution in [0.4, 0.5) is 35.1 Å². The Morgan fingerprint density at radius 2 is 1.38 bits per heavy atom. The summed E-state index contributed by atoms with van der Waals surface area (Å²) in [6, 6.07) is 0. The molecule has 0 fully saturated rings. The van der Waals surface area contributed by atoms with Crippen LogP contribution >= 0.6 is 0 Å². The zero-order chi connectivity index (χ0) is 21.2. The van der Waals surface area contributed by atoms with Gasteiger partial charge in [-0.3, -0.25) is 4.79 Å². The summed E-state index contributed by atoms with van der Waals surface area (Å²) in [6.07, 6.45) is -16.4. The van der Waals surface area contributed by atoms with Crippen LogP contribution in [-0.2, 0) is 19.4 Å². The molecule has 0 amide bonds. The molecule has 26 heavy (non-hydrogen) atoms. The molecule has 0 aromatic heterocycles. The van der Waals surface area contributed by atoms with Crippen molar-refractivity contribution in [3.8, 4) is 0 Å². The highest BCUT2D eigenvalue weighted by Gasteiger charge is 2.57. The smallest absolute Gasteiger partial charge is 0.453 e. The zero-order valence-corrected chi connectivity index (χ0v) is 14.8. The summed E-state index contributed by atoms with van der Waals surface area (Å²) in [5, 5.41) is -2.57. The van der Waals surface area contributed by atoms with Crippen LogP contribution in [0, 0.1) is 0 Å². The Morgan fingerprint density at radius 1 is 0.923 bits per heavy atom. The molecule has 0 aliphatic rings. The number of hydrogen-bond acceptors (Lipinski definition) is 4. The molecular formula is C13H18F8O4S. The van der Waals surface area contributed by atoms with Gasteiger partial charge in [-0.1, -0.05) is 0 Å². The molecule has 0 N–H and O–H groups in total. The summed E-state index contributed by atoms with van der Waals surface area (Å²) in [6.45, 7) is 3.78. The van der Waals surface area contributed by atoms with E-state index in [1.807, 2.05) is 0 Å². The average molecular weight is 422 g/mol. The van der Waals surface area contributed by atoms with Gasteiger partial charge in [0.15, 0.2) is 15.1 Å². The predicted octanol–water partition coefficient (Wildman–Crippen LogP) is 4.04. The van der Waals surface area contributed by atoms with E-state index < -0.39 is 69.9 Å². The highest BCUT2D eigenvalue weighted by Crippen LogP contribution is 2.40. The Bertz CT molecular complexity index is 587. The molecule has 1 atom stereocenters. The van der Waals surface area contributed by atoms with Crippen LogP contribution in [-0.4, -0.2) is 49.3 Å². The van der Waals surface area contributed by atoms with Gasteiger partial charge in [0.05, 0.1) is 12.2 Å². The standard InChI is InChI=1S/C13H18F8O4S/c1-10(2,3)25-9(22)8(4-5-11(14,15)13(19,20)21)26(23,24)7-6-12(16,17)18/h8H,4-7H2,1-3H3. The van der Waals surface area contributed by atoms with Crippen LogP contribution in [0.15, 0.2) is 0 Å². The number of ether oxygens (including phenoxy) is 1. The van der Waals surface area contributed by atoms with Gasteiger partial charge in [-0.15, -0.1) is 0 Å². The number of carbonyl (C=O) groups excluding carboxylic acids is 1. The molecule has 0 spiro atoms. The molecule has 0 aliphatic heterocycles. The minimum atomic E-state index is -6.00. The first-order valence-corrected chi connectivity index (χ1v) is 8.85. The lowest BCUT2D eigenvalue weighted by Gasteiger charge is -2.26. The van der Waals surface area contributed by atoms with Gasteiger partial charge in [0.2, 0.25) is 0 Å². The summed E-state index contributed by atoms with van der Waals surface area (Å²) in [4.78, 5) is 11.9. The summed E-state index contributed by atoms with van der Waals surface area (Å²) >= 11 is 0. The van der Waals surface area contributed by atoms with E-state index in [9.17, 15) is 48.3 Å². The number of hydrogen-bond donors (Lipinski definition) is 0. The highest BCUT2D eigenvalue weighted by atomic mass is 32.2. The van der Waals surface area contributed by atoms with E-state index in [0.717, 1.165) is 0 Å². The van der Waals surface area contributed by atoms with Crippen molar-refractivity contribution in [1.82, 2.24) is 0 Å². The normalized spacial score (nSPS) is 15.7. The molecule has 0 aromatic carbocycles. The van der Waals surface area contributed by atoms with Crippen molar-refractivity contribution < 1.29 is 53.1 Å². The van der Waals surface area contributed by atoms with Gasteiger partial charge in [-0.2, -0.15) is 35.1 Å². The van der Waals surface area contributed by atoms with Crippen molar-refractivity contribution >= 4 is 15.8 Å². The molecule has 156 valence electrons. The Labute approximate surface area is 144 Å². The van der Waals surface area contributed by atoms with Gasteiger partial charge in [0.1, 0.15) is 5.60 Å². The van der Waals surface area contributed by atoms with Crippen molar-refractivity contribution in [2.45, 2.75) is 69.2 Å². The van der Waals surface area contributed by atoms with Gasteiger partial charge in [0, 0.05) is 6.42 Å². The third-order valence-electron chi connectivity index (χ3n) is 2.91. The van der Waals surface area contributed by atoms with E-state index in [1.165, 1.54) is 20.8 Å². The molecule has 0 bridgehead atoms. The van der Waals surface area contributed by atoms with E-state index in [0.29, 0.717) is 0 Å². The van der Waals surface area contributed by atoms with Crippen molar-refractivity contribution in [1.29, 1.82) is 0 Å².